The van der Waals surface area contributed by atoms with Crippen LogP contribution in [0.4, 0.5) is 0 Å². The lowest BCUT2D eigenvalue weighted by Gasteiger charge is -2.08. The largest absolute Gasteiger partial charge is 0.430 e. The van der Waals surface area contributed by atoms with Crippen molar-refractivity contribution in [2.75, 3.05) is 0 Å². The molecule has 0 aromatic carbocycles. The monoisotopic (exact) mass is 269 g/mol. The normalized spacial score (nSPS) is 12.1. The van der Waals surface area contributed by atoms with Crippen molar-refractivity contribution in [1.29, 1.82) is 0 Å². The van der Waals surface area contributed by atoms with E-state index in [1.165, 1.54) is 51.4 Å². The first kappa shape index (κ1) is 18.2. The predicted octanol–water partition coefficient (Wildman–Crippen LogP) is 4.78. The van der Waals surface area contributed by atoms with Gasteiger partial charge in [0, 0.05) is 12.5 Å². The summed E-state index contributed by atoms with van der Waals surface area (Å²) < 4.78 is 4.57. The Morgan fingerprint density at radius 1 is 1.00 bits per heavy atom. The molecular weight excluding hydrogens is 240 g/mol. The highest BCUT2D eigenvalue weighted by atomic mass is 16.6. The lowest BCUT2D eigenvalue weighted by molar-refractivity contribution is -0.174. The number of hydrogen-bond acceptors (Lipinski definition) is 2. The van der Waals surface area contributed by atoms with Gasteiger partial charge in [-0.2, -0.15) is 5.11 Å². The van der Waals surface area contributed by atoms with Crippen LogP contribution in [0.25, 0.3) is 0 Å². The summed E-state index contributed by atoms with van der Waals surface area (Å²) in [5.41, 5.74) is 0. The van der Waals surface area contributed by atoms with Crippen molar-refractivity contribution in [3.8, 4) is 0 Å². The third-order valence-corrected chi connectivity index (χ3v) is 3.21. The Hall–Kier alpha value is -0.830. The van der Waals surface area contributed by atoms with Gasteiger partial charge in [0.2, 0.25) is 6.29 Å². The van der Waals surface area contributed by atoms with Crippen LogP contribution in [0.3, 0.4) is 0 Å². The third kappa shape index (κ3) is 13.4. The second-order valence-corrected chi connectivity index (χ2v) is 5.04. The van der Waals surface area contributed by atoms with Crippen molar-refractivity contribution < 1.29 is 14.6 Å². The van der Waals surface area contributed by atoms with Crippen LogP contribution in [0, 0.1) is 0 Å². The maximum atomic E-state index is 11.2. The van der Waals surface area contributed by atoms with E-state index in [1.807, 2.05) is 0 Å². The SMILES string of the molecule is C=CC(=O)OC([O])CCCCCCCCCCCC. The van der Waals surface area contributed by atoms with Crippen molar-refractivity contribution in [1.82, 2.24) is 0 Å². The zero-order valence-electron chi connectivity index (χ0n) is 12.4. The molecule has 3 nitrogen and oxygen atoms in total. The van der Waals surface area contributed by atoms with Gasteiger partial charge in [-0.05, 0) is 6.42 Å². The van der Waals surface area contributed by atoms with Gasteiger partial charge in [0.1, 0.15) is 0 Å². The third-order valence-electron chi connectivity index (χ3n) is 3.21. The Morgan fingerprint density at radius 2 is 1.47 bits per heavy atom. The molecule has 0 aromatic rings. The summed E-state index contributed by atoms with van der Waals surface area (Å²) >= 11 is 0. The second-order valence-electron chi connectivity index (χ2n) is 5.04. The maximum absolute atomic E-state index is 11.2. The molecule has 0 N–H and O–H groups in total. The molecular formula is C16H29O3. The molecule has 0 heterocycles. The molecule has 3 heteroatoms. The minimum absolute atomic E-state index is 0.413. The van der Waals surface area contributed by atoms with E-state index in [2.05, 4.69) is 18.2 Å². The highest BCUT2D eigenvalue weighted by Gasteiger charge is 2.09. The molecule has 0 bridgehead atoms. The summed E-state index contributed by atoms with van der Waals surface area (Å²) in [6.07, 6.45) is 12.6. The fraction of sp³-hybridized carbons (Fsp3) is 0.812. The van der Waals surface area contributed by atoms with Gasteiger partial charge >= 0.3 is 5.97 Å². The highest BCUT2D eigenvalue weighted by Crippen LogP contribution is 2.12. The van der Waals surface area contributed by atoms with Crippen molar-refractivity contribution in [3.63, 3.8) is 0 Å². The molecule has 0 rings (SSSR count). The molecule has 0 aliphatic rings. The summed E-state index contributed by atoms with van der Waals surface area (Å²) in [4.78, 5) is 10.8. The van der Waals surface area contributed by atoms with Gasteiger partial charge in [-0.15, -0.1) is 0 Å². The summed E-state index contributed by atoms with van der Waals surface area (Å²) in [5, 5.41) is 11.2. The van der Waals surface area contributed by atoms with Crippen LogP contribution in [-0.4, -0.2) is 12.3 Å². The van der Waals surface area contributed by atoms with E-state index >= 15 is 0 Å². The van der Waals surface area contributed by atoms with Gasteiger partial charge < -0.3 is 4.74 Å². The van der Waals surface area contributed by atoms with Crippen molar-refractivity contribution in [2.24, 2.45) is 0 Å². The van der Waals surface area contributed by atoms with Crippen LogP contribution in [0.1, 0.15) is 77.6 Å². The summed E-state index contributed by atoms with van der Waals surface area (Å²) in [7, 11) is 0. The number of ether oxygens (including phenoxy) is 1. The van der Waals surface area contributed by atoms with Crippen molar-refractivity contribution >= 4 is 5.97 Å². The van der Waals surface area contributed by atoms with Gasteiger partial charge in [-0.3, -0.25) is 0 Å². The van der Waals surface area contributed by atoms with Crippen LogP contribution >= 0.6 is 0 Å². The molecule has 1 radical (unpaired) electrons. The minimum atomic E-state index is -1.22. The summed E-state index contributed by atoms with van der Waals surface area (Å²) in [6.45, 7) is 5.49. The molecule has 0 saturated carbocycles. The molecule has 0 aromatic heterocycles. The number of esters is 1. The Balaban J connectivity index is 3.18. The Morgan fingerprint density at radius 3 is 1.95 bits per heavy atom. The lowest BCUT2D eigenvalue weighted by Crippen LogP contribution is -2.14. The molecule has 19 heavy (non-hydrogen) atoms. The average Bonchev–Trinajstić information content (AvgIpc) is 2.40. The van der Waals surface area contributed by atoms with E-state index < -0.39 is 12.3 Å². The van der Waals surface area contributed by atoms with Crippen LogP contribution in [0.5, 0.6) is 0 Å². The fourth-order valence-corrected chi connectivity index (χ4v) is 2.04. The van der Waals surface area contributed by atoms with Crippen molar-refractivity contribution in [3.05, 3.63) is 12.7 Å². The quantitative estimate of drug-likeness (QED) is 0.209. The molecule has 0 aliphatic carbocycles. The minimum Gasteiger partial charge on any atom is -0.430 e. The van der Waals surface area contributed by atoms with Crippen LogP contribution < -0.4 is 0 Å². The Kier molecular flexibility index (Phi) is 13.0. The highest BCUT2D eigenvalue weighted by molar-refractivity contribution is 5.81. The average molecular weight is 269 g/mol. The van der Waals surface area contributed by atoms with Gasteiger partial charge in [-0.1, -0.05) is 71.3 Å². The topological polar surface area (TPSA) is 46.2 Å². The van der Waals surface area contributed by atoms with Gasteiger partial charge in [0.05, 0.1) is 0 Å². The molecule has 0 spiro atoms. The van der Waals surface area contributed by atoms with Crippen LogP contribution in [0.2, 0.25) is 0 Å². The maximum Gasteiger partial charge on any atom is 0.332 e. The first-order valence-electron chi connectivity index (χ1n) is 7.69. The van der Waals surface area contributed by atoms with Crippen LogP contribution in [-0.2, 0) is 14.6 Å². The molecule has 111 valence electrons. The number of carbonyl (C=O) groups is 1. The number of rotatable bonds is 13. The van der Waals surface area contributed by atoms with E-state index in [0.717, 1.165) is 18.9 Å². The van der Waals surface area contributed by atoms with Gasteiger partial charge in [-0.25, -0.2) is 4.79 Å². The molecule has 1 atom stereocenters. The zero-order valence-corrected chi connectivity index (χ0v) is 12.4. The van der Waals surface area contributed by atoms with Crippen LogP contribution in [0.15, 0.2) is 12.7 Å². The van der Waals surface area contributed by atoms with E-state index in [1.54, 1.807) is 0 Å². The van der Waals surface area contributed by atoms with Crippen molar-refractivity contribution in [2.45, 2.75) is 83.8 Å². The molecule has 0 aliphatic heterocycles. The fourth-order valence-electron chi connectivity index (χ4n) is 2.04. The zero-order chi connectivity index (χ0) is 14.3. The molecule has 0 saturated heterocycles. The van der Waals surface area contributed by atoms with E-state index in [4.69, 9.17) is 0 Å². The van der Waals surface area contributed by atoms with Gasteiger partial charge in [0.25, 0.3) is 0 Å². The lowest BCUT2D eigenvalue weighted by atomic mass is 10.1. The second kappa shape index (κ2) is 13.6. The molecule has 1 unspecified atom stereocenters. The Labute approximate surface area is 118 Å². The summed E-state index contributed by atoms with van der Waals surface area (Å²) in [6, 6.07) is 0. The predicted molar refractivity (Wildman–Crippen MR) is 77.2 cm³/mol. The first-order valence-corrected chi connectivity index (χ1v) is 7.69. The van der Waals surface area contributed by atoms with E-state index in [9.17, 15) is 9.90 Å². The number of unbranched alkanes of at least 4 members (excludes halogenated alkanes) is 9. The molecule has 0 fully saturated rings. The van der Waals surface area contributed by atoms with E-state index in [-0.39, 0.29) is 0 Å². The van der Waals surface area contributed by atoms with E-state index in [0.29, 0.717) is 6.42 Å². The van der Waals surface area contributed by atoms with Gasteiger partial charge in [0.15, 0.2) is 0 Å². The first-order chi connectivity index (χ1) is 9.20. The smallest absolute Gasteiger partial charge is 0.332 e. The Bertz CT molecular complexity index is 226. The number of carbonyl (C=O) groups excluding carboxylic acids is 1. The summed E-state index contributed by atoms with van der Waals surface area (Å²) in [5.74, 6) is -0.618. The number of hydrogen-bond donors (Lipinski definition) is 0. The standard InChI is InChI=1S/C16H29O3/c1-3-5-6-7-8-9-10-11-12-13-14-16(18)19-15(17)4-2/h4,16H,2-3,5-14H2,1H3. The molecule has 0 amide bonds.